The Morgan fingerprint density at radius 2 is 1.97 bits per heavy atom. The van der Waals surface area contributed by atoms with E-state index in [4.69, 9.17) is 4.99 Å². The van der Waals surface area contributed by atoms with E-state index >= 15 is 0 Å². The molecule has 164 valence electrons. The van der Waals surface area contributed by atoms with Crippen LogP contribution < -0.4 is 5.32 Å². The minimum absolute atomic E-state index is 0.188. The highest BCUT2D eigenvalue weighted by Crippen LogP contribution is 2.20. The summed E-state index contributed by atoms with van der Waals surface area (Å²) in [6.45, 7) is 14.6. The van der Waals surface area contributed by atoms with Gasteiger partial charge in [0, 0.05) is 26.7 Å². The van der Waals surface area contributed by atoms with Gasteiger partial charge < -0.3 is 19.7 Å². The molecule has 1 N–H and O–H groups in total. The summed E-state index contributed by atoms with van der Waals surface area (Å²) in [6, 6.07) is 10.7. The van der Waals surface area contributed by atoms with E-state index in [9.17, 15) is 0 Å². The van der Waals surface area contributed by atoms with Crippen molar-refractivity contribution in [3.05, 3.63) is 47.5 Å². The first kappa shape index (κ1) is 22.3. The van der Waals surface area contributed by atoms with Crippen molar-refractivity contribution >= 4 is 5.96 Å². The molecule has 0 spiro atoms. The van der Waals surface area contributed by atoms with Crippen LogP contribution in [0.25, 0.3) is 0 Å². The molecule has 0 radical (unpaired) electrons. The van der Waals surface area contributed by atoms with Crippen LogP contribution in [0, 0.1) is 12.8 Å². The lowest BCUT2D eigenvalue weighted by Gasteiger charge is -2.27. The average molecular weight is 412 g/mol. The van der Waals surface area contributed by atoms with Crippen LogP contribution in [0.15, 0.2) is 35.3 Å². The maximum Gasteiger partial charge on any atom is 0.194 e. The first-order valence-corrected chi connectivity index (χ1v) is 11.2. The van der Waals surface area contributed by atoms with Crippen molar-refractivity contribution in [3.63, 3.8) is 0 Å². The zero-order chi connectivity index (χ0) is 21.5. The molecule has 1 aromatic heterocycles. The van der Waals surface area contributed by atoms with Gasteiger partial charge in [-0.2, -0.15) is 0 Å². The zero-order valence-electron chi connectivity index (χ0n) is 19.2. The van der Waals surface area contributed by atoms with Gasteiger partial charge in [0.25, 0.3) is 0 Å². The fourth-order valence-corrected chi connectivity index (χ4v) is 4.01. The lowest BCUT2D eigenvalue weighted by Crippen LogP contribution is -2.42. The maximum absolute atomic E-state index is 4.96. The van der Waals surface area contributed by atoms with E-state index in [-0.39, 0.29) is 6.04 Å². The largest absolute Gasteiger partial charge is 0.350 e. The van der Waals surface area contributed by atoms with Crippen molar-refractivity contribution in [2.45, 2.75) is 46.7 Å². The molecular weight excluding hydrogens is 374 g/mol. The molecule has 0 saturated carbocycles. The molecule has 2 aromatic rings. The van der Waals surface area contributed by atoms with Crippen LogP contribution in [0.2, 0.25) is 0 Å². The second kappa shape index (κ2) is 10.6. The second-order valence-electron chi connectivity index (χ2n) is 8.23. The molecule has 1 fully saturated rings. The molecule has 2 unspecified atom stereocenters. The van der Waals surface area contributed by atoms with Crippen molar-refractivity contribution in [2.24, 2.45) is 18.0 Å². The lowest BCUT2D eigenvalue weighted by atomic mass is 10.1. The standard InChI is InChI=1S/C23H37N7/c1-6-29(7-2)16-20-13-14-30(17-20)23(24-15-22-27-26-19(4)28(22)5)25-18(3)21-11-9-8-10-12-21/h8-12,18,20H,6-7,13-17H2,1-5H3,(H,24,25). The smallest absolute Gasteiger partial charge is 0.194 e. The Morgan fingerprint density at radius 1 is 1.23 bits per heavy atom. The number of aryl methyl sites for hydroxylation is 1. The van der Waals surface area contributed by atoms with Crippen LogP contribution in [0.3, 0.4) is 0 Å². The van der Waals surface area contributed by atoms with E-state index in [1.165, 1.54) is 12.0 Å². The lowest BCUT2D eigenvalue weighted by molar-refractivity contribution is 0.255. The van der Waals surface area contributed by atoms with Crippen molar-refractivity contribution in [1.29, 1.82) is 0 Å². The number of hydrogen-bond donors (Lipinski definition) is 1. The van der Waals surface area contributed by atoms with E-state index in [1.807, 2.05) is 18.5 Å². The Labute approximate surface area is 181 Å². The Hall–Kier alpha value is -2.41. The van der Waals surface area contributed by atoms with E-state index in [2.05, 4.69) is 76.4 Å². The highest BCUT2D eigenvalue weighted by atomic mass is 15.3. The Balaban J connectivity index is 1.73. The first-order chi connectivity index (χ1) is 14.5. The summed E-state index contributed by atoms with van der Waals surface area (Å²) in [4.78, 5) is 9.90. The number of aliphatic imine (C=N–C) groups is 1. The fraction of sp³-hybridized carbons (Fsp3) is 0.609. The monoisotopic (exact) mass is 411 g/mol. The van der Waals surface area contributed by atoms with Crippen LogP contribution in [0.5, 0.6) is 0 Å². The summed E-state index contributed by atoms with van der Waals surface area (Å²) in [5.41, 5.74) is 1.26. The summed E-state index contributed by atoms with van der Waals surface area (Å²) in [6.07, 6.45) is 1.21. The van der Waals surface area contributed by atoms with Gasteiger partial charge in [-0.3, -0.25) is 0 Å². The zero-order valence-corrected chi connectivity index (χ0v) is 19.2. The first-order valence-electron chi connectivity index (χ1n) is 11.2. The fourth-order valence-electron chi connectivity index (χ4n) is 4.01. The quantitative estimate of drug-likeness (QED) is 0.534. The van der Waals surface area contributed by atoms with Gasteiger partial charge in [0.15, 0.2) is 11.8 Å². The summed E-state index contributed by atoms with van der Waals surface area (Å²) in [7, 11) is 2.00. The van der Waals surface area contributed by atoms with Crippen LogP contribution in [0.4, 0.5) is 0 Å². The normalized spacial score (nSPS) is 18.3. The third kappa shape index (κ3) is 5.59. The molecule has 0 aliphatic carbocycles. The summed E-state index contributed by atoms with van der Waals surface area (Å²) in [5.74, 6) is 3.45. The third-order valence-electron chi connectivity index (χ3n) is 6.19. The molecule has 1 aliphatic rings. The predicted molar refractivity (Wildman–Crippen MR) is 122 cm³/mol. The van der Waals surface area contributed by atoms with Crippen molar-refractivity contribution < 1.29 is 0 Å². The summed E-state index contributed by atoms with van der Waals surface area (Å²) >= 11 is 0. The third-order valence-corrected chi connectivity index (χ3v) is 6.19. The Kier molecular flexibility index (Phi) is 7.85. The average Bonchev–Trinajstić information content (AvgIpc) is 3.37. The summed E-state index contributed by atoms with van der Waals surface area (Å²) in [5, 5.41) is 12.1. The van der Waals surface area contributed by atoms with Crippen molar-refractivity contribution in [1.82, 2.24) is 29.9 Å². The molecule has 0 bridgehead atoms. The predicted octanol–water partition coefficient (Wildman–Crippen LogP) is 2.99. The molecule has 7 nitrogen and oxygen atoms in total. The van der Waals surface area contributed by atoms with E-state index in [0.717, 1.165) is 50.3 Å². The van der Waals surface area contributed by atoms with Crippen LogP contribution in [-0.4, -0.2) is 63.2 Å². The summed E-state index contributed by atoms with van der Waals surface area (Å²) < 4.78 is 2.01. The topological polar surface area (TPSA) is 61.6 Å². The molecule has 1 saturated heterocycles. The molecule has 0 amide bonds. The van der Waals surface area contributed by atoms with Gasteiger partial charge in [0.05, 0.1) is 6.04 Å². The van der Waals surface area contributed by atoms with E-state index < -0.39 is 0 Å². The van der Waals surface area contributed by atoms with Gasteiger partial charge in [-0.25, -0.2) is 4.99 Å². The van der Waals surface area contributed by atoms with Gasteiger partial charge in [-0.05, 0) is 44.8 Å². The highest BCUT2D eigenvalue weighted by molar-refractivity contribution is 5.80. The number of guanidine groups is 1. The van der Waals surface area contributed by atoms with Crippen molar-refractivity contribution in [2.75, 3.05) is 32.7 Å². The van der Waals surface area contributed by atoms with E-state index in [0.29, 0.717) is 12.5 Å². The SMILES string of the molecule is CCN(CC)CC1CCN(C(=NCc2nnc(C)n2C)NC(C)c2ccccc2)C1. The molecule has 1 aromatic carbocycles. The number of aromatic nitrogens is 3. The number of nitrogens with one attached hydrogen (secondary N) is 1. The Bertz CT molecular complexity index is 810. The minimum Gasteiger partial charge on any atom is -0.350 e. The molecular formula is C23H37N7. The highest BCUT2D eigenvalue weighted by Gasteiger charge is 2.27. The van der Waals surface area contributed by atoms with E-state index in [1.54, 1.807) is 0 Å². The molecule has 1 aliphatic heterocycles. The van der Waals surface area contributed by atoms with Gasteiger partial charge in [-0.15, -0.1) is 10.2 Å². The maximum atomic E-state index is 4.96. The number of benzene rings is 1. The number of hydrogen-bond acceptors (Lipinski definition) is 4. The second-order valence-corrected chi connectivity index (χ2v) is 8.23. The minimum atomic E-state index is 0.188. The van der Waals surface area contributed by atoms with Crippen LogP contribution in [0.1, 0.15) is 50.4 Å². The number of likely N-dealkylation sites (tertiary alicyclic amines) is 1. The van der Waals surface area contributed by atoms with Crippen LogP contribution >= 0.6 is 0 Å². The molecule has 3 rings (SSSR count). The molecule has 30 heavy (non-hydrogen) atoms. The van der Waals surface area contributed by atoms with Gasteiger partial charge >= 0.3 is 0 Å². The van der Waals surface area contributed by atoms with Gasteiger partial charge in [0.1, 0.15) is 12.4 Å². The molecule has 2 atom stereocenters. The van der Waals surface area contributed by atoms with Crippen LogP contribution in [-0.2, 0) is 13.6 Å². The molecule has 2 heterocycles. The number of rotatable bonds is 8. The number of nitrogens with zero attached hydrogens (tertiary/aromatic N) is 6. The molecule has 7 heteroatoms. The van der Waals surface area contributed by atoms with Gasteiger partial charge in [-0.1, -0.05) is 44.2 Å². The Morgan fingerprint density at radius 3 is 2.60 bits per heavy atom. The van der Waals surface area contributed by atoms with Gasteiger partial charge in [0.2, 0.25) is 0 Å². The van der Waals surface area contributed by atoms with Crippen molar-refractivity contribution in [3.8, 4) is 0 Å².